The zero-order valence-corrected chi connectivity index (χ0v) is 11.1. The number of carboxylic acid groups (broad SMARTS) is 1. The molecule has 1 saturated heterocycles. The van der Waals surface area contributed by atoms with Crippen LogP contribution >= 0.6 is 0 Å². The summed E-state index contributed by atoms with van der Waals surface area (Å²) in [6.45, 7) is 5.87. The molecule has 18 heavy (non-hydrogen) atoms. The van der Waals surface area contributed by atoms with Crippen molar-refractivity contribution < 1.29 is 9.90 Å². The second-order valence-corrected chi connectivity index (χ2v) is 5.18. The first-order valence-corrected chi connectivity index (χ1v) is 6.63. The lowest BCUT2D eigenvalue weighted by atomic mass is 9.98. The van der Waals surface area contributed by atoms with Crippen LogP contribution in [0.2, 0.25) is 0 Å². The highest BCUT2D eigenvalue weighted by Gasteiger charge is 2.28. The van der Waals surface area contributed by atoms with Crippen molar-refractivity contribution >= 4 is 5.97 Å². The van der Waals surface area contributed by atoms with Crippen molar-refractivity contribution in [3.05, 3.63) is 34.9 Å². The quantitative estimate of drug-likeness (QED) is 0.892. The van der Waals surface area contributed by atoms with Crippen molar-refractivity contribution in [2.45, 2.75) is 39.2 Å². The summed E-state index contributed by atoms with van der Waals surface area (Å²) in [7, 11) is 0. The second kappa shape index (κ2) is 5.53. The summed E-state index contributed by atoms with van der Waals surface area (Å²) in [6, 6.07) is 5.51. The van der Waals surface area contributed by atoms with Crippen LogP contribution in [-0.2, 0) is 4.79 Å². The van der Waals surface area contributed by atoms with E-state index < -0.39 is 12.0 Å². The Balaban J connectivity index is 2.28. The molecule has 0 radical (unpaired) electrons. The molecule has 0 bridgehead atoms. The average Bonchev–Trinajstić information content (AvgIpc) is 2.35. The van der Waals surface area contributed by atoms with Crippen LogP contribution in [0.25, 0.3) is 0 Å². The summed E-state index contributed by atoms with van der Waals surface area (Å²) in [6.07, 6.45) is 3.43. The number of hydrogen-bond donors (Lipinski definition) is 1. The molecule has 1 N–H and O–H groups in total. The lowest BCUT2D eigenvalue weighted by Crippen LogP contribution is -2.37. The van der Waals surface area contributed by atoms with Gasteiger partial charge in [0.05, 0.1) is 0 Å². The zero-order chi connectivity index (χ0) is 13.1. The number of nitrogens with zero attached hydrogens (tertiary/aromatic N) is 1. The Kier molecular flexibility index (Phi) is 4.02. The van der Waals surface area contributed by atoms with Gasteiger partial charge in [-0.2, -0.15) is 0 Å². The fraction of sp³-hybridized carbons (Fsp3) is 0.533. The van der Waals surface area contributed by atoms with Crippen LogP contribution in [0.5, 0.6) is 0 Å². The molecule has 1 aromatic rings. The van der Waals surface area contributed by atoms with Gasteiger partial charge in [0, 0.05) is 0 Å². The van der Waals surface area contributed by atoms with E-state index in [1.807, 2.05) is 25.1 Å². The number of aryl methyl sites for hydroxylation is 2. The third-order valence-corrected chi connectivity index (χ3v) is 3.84. The smallest absolute Gasteiger partial charge is 0.325 e. The Bertz CT molecular complexity index is 436. The van der Waals surface area contributed by atoms with Gasteiger partial charge in [-0.3, -0.25) is 9.69 Å². The second-order valence-electron chi connectivity index (χ2n) is 5.18. The number of rotatable bonds is 3. The molecule has 1 heterocycles. The summed E-state index contributed by atoms with van der Waals surface area (Å²) < 4.78 is 0. The van der Waals surface area contributed by atoms with E-state index in [1.54, 1.807) is 0 Å². The fourth-order valence-electron chi connectivity index (χ4n) is 2.62. The average molecular weight is 247 g/mol. The SMILES string of the molecule is Cc1ccc(C(C(=O)O)N2CCCCC2)cc1C. The van der Waals surface area contributed by atoms with Crippen LogP contribution in [0.1, 0.15) is 42.0 Å². The van der Waals surface area contributed by atoms with E-state index in [2.05, 4.69) is 11.8 Å². The monoisotopic (exact) mass is 247 g/mol. The molecule has 1 fully saturated rings. The summed E-state index contributed by atoms with van der Waals surface area (Å²) in [5, 5.41) is 9.50. The maximum Gasteiger partial charge on any atom is 0.325 e. The molecule has 0 saturated carbocycles. The molecule has 1 aliphatic rings. The number of piperidine rings is 1. The topological polar surface area (TPSA) is 40.5 Å². The fourth-order valence-corrected chi connectivity index (χ4v) is 2.62. The van der Waals surface area contributed by atoms with Crippen LogP contribution in [-0.4, -0.2) is 29.1 Å². The van der Waals surface area contributed by atoms with E-state index in [4.69, 9.17) is 0 Å². The summed E-state index contributed by atoms with van der Waals surface area (Å²) in [5.41, 5.74) is 3.28. The molecule has 0 aromatic heterocycles. The maximum absolute atomic E-state index is 11.6. The van der Waals surface area contributed by atoms with Gasteiger partial charge in [0.2, 0.25) is 0 Å². The first kappa shape index (κ1) is 13.1. The Morgan fingerprint density at radius 3 is 2.39 bits per heavy atom. The molecule has 3 nitrogen and oxygen atoms in total. The van der Waals surface area contributed by atoms with Crippen molar-refractivity contribution in [3.8, 4) is 0 Å². The van der Waals surface area contributed by atoms with Crippen molar-refractivity contribution in [3.63, 3.8) is 0 Å². The number of aliphatic carboxylic acids is 1. The predicted octanol–water partition coefficient (Wildman–Crippen LogP) is 2.92. The van der Waals surface area contributed by atoms with Gasteiger partial charge in [0.1, 0.15) is 6.04 Å². The van der Waals surface area contributed by atoms with Gasteiger partial charge in [-0.15, -0.1) is 0 Å². The minimum Gasteiger partial charge on any atom is -0.480 e. The number of carboxylic acids is 1. The molecule has 98 valence electrons. The van der Waals surface area contributed by atoms with Crippen LogP contribution in [0.3, 0.4) is 0 Å². The third kappa shape index (κ3) is 2.72. The first-order valence-electron chi connectivity index (χ1n) is 6.63. The summed E-state index contributed by atoms with van der Waals surface area (Å²) in [4.78, 5) is 13.6. The minimum absolute atomic E-state index is 0.482. The third-order valence-electron chi connectivity index (χ3n) is 3.84. The van der Waals surface area contributed by atoms with Crippen molar-refractivity contribution in [1.82, 2.24) is 4.90 Å². The van der Waals surface area contributed by atoms with Crippen LogP contribution in [0.4, 0.5) is 0 Å². The van der Waals surface area contributed by atoms with E-state index in [0.717, 1.165) is 37.1 Å². The highest BCUT2D eigenvalue weighted by Crippen LogP contribution is 2.26. The number of likely N-dealkylation sites (tertiary alicyclic amines) is 1. The Morgan fingerprint density at radius 1 is 1.17 bits per heavy atom. The Labute approximate surface area is 108 Å². The van der Waals surface area contributed by atoms with Gasteiger partial charge < -0.3 is 5.11 Å². The van der Waals surface area contributed by atoms with E-state index in [9.17, 15) is 9.90 Å². The molecule has 0 spiro atoms. The van der Waals surface area contributed by atoms with Gasteiger partial charge in [-0.05, 0) is 56.5 Å². The summed E-state index contributed by atoms with van der Waals surface area (Å²) >= 11 is 0. The van der Waals surface area contributed by atoms with Gasteiger partial charge >= 0.3 is 5.97 Å². The predicted molar refractivity (Wildman–Crippen MR) is 71.7 cm³/mol. The van der Waals surface area contributed by atoms with Gasteiger partial charge in [0.15, 0.2) is 0 Å². The van der Waals surface area contributed by atoms with E-state index >= 15 is 0 Å². The highest BCUT2D eigenvalue weighted by atomic mass is 16.4. The Morgan fingerprint density at radius 2 is 1.83 bits per heavy atom. The van der Waals surface area contributed by atoms with Gasteiger partial charge in [0.25, 0.3) is 0 Å². The molecular formula is C15H21NO2. The van der Waals surface area contributed by atoms with Gasteiger partial charge in [-0.1, -0.05) is 24.6 Å². The molecule has 0 aliphatic carbocycles. The minimum atomic E-state index is -0.736. The normalized spacial score (nSPS) is 18.6. The molecule has 1 aliphatic heterocycles. The molecule has 0 amide bonds. The first-order chi connectivity index (χ1) is 8.59. The molecule has 3 heteroatoms. The molecule has 1 atom stereocenters. The van der Waals surface area contributed by atoms with Gasteiger partial charge in [-0.25, -0.2) is 0 Å². The molecular weight excluding hydrogens is 226 g/mol. The van der Waals surface area contributed by atoms with Crippen molar-refractivity contribution in [2.24, 2.45) is 0 Å². The van der Waals surface area contributed by atoms with Crippen molar-refractivity contribution in [1.29, 1.82) is 0 Å². The standard InChI is InChI=1S/C15H21NO2/c1-11-6-7-13(10-12(11)2)14(15(17)18)16-8-4-3-5-9-16/h6-7,10,14H,3-5,8-9H2,1-2H3,(H,17,18). The molecule has 1 unspecified atom stereocenters. The number of hydrogen-bond acceptors (Lipinski definition) is 2. The zero-order valence-electron chi connectivity index (χ0n) is 11.1. The lowest BCUT2D eigenvalue weighted by Gasteiger charge is -2.32. The lowest BCUT2D eigenvalue weighted by molar-refractivity contribution is -0.144. The largest absolute Gasteiger partial charge is 0.480 e. The summed E-state index contributed by atoms with van der Waals surface area (Å²) in [5.74, 6) is -0.736. The van der Waals surface area contributed by atoms with E-state index in [-0.39, 0.29) is 0 Å². The number of carbonyl (C=O) groups is 1. The maximum atomic E-state index is 11.6. The van der Waals surface area contributed by atoms with Crippen LogP contribution in [0.15, 0.2) is 18.2 Å². The van der Waals surface area contributed by atoms with E-state index in [1.165, 1.54) is 12.0 Å². The van der Waals surface area contributed by atoms with E-state index in [0.29, 0.717) is 0 Å². The van der Waals surface area contributed by atoms with Crippen LogP contribution < -0.4 is 0 Å². The molecule has 2 rings (SSSR count). The highest BCUT2D eigenvalue weighted by molar-refractivity contribution is 5.75. The Hall–Kier alpha value is -1.35. The van der Waals surface area contributed by atoms with Crippen molar-refractivity contribution in [2.75, 3.05) is 13.1 Å². The van der Waals surface area contributed by atoms with Crippen LogP contribution in [0, 0.1) is 13.8 Å². The molecule has 1 aromatic carbocycles. The number of benzene rings is 1.